The Labute approximate surface area is 110 Å². The smallest absolute Gasteiger partial charge is 0.0712 e. The summed E-state index contributed by atoms with van der Waals surface area (Å²) in [6.07, 6.45) is 4.04. The molecule has 1 atom stereocenters. The second-order valence-corrected chi connectivity index (χ2v) is 5.70. The van der Waals surface area contributed by atoms with Crippen LogP contribution in [0.15, 0.2) is 18.2 Å². The summed E-state index contributed by atoms with van der Waals surface area (Å²) in [7, 11) is 0. The van der Waals surface area contributed by atoms with Crippen molar-refractivity contribution in [2.45, 2.75) is 38.5 Å². The molecule has 1 heterocycles. The molecule has 17 heavy (non-hydrogen) atoms. The highest BCUT2D eigenvalue weighted by Gasteiger charge is 2.16. The van der Waals surface area contributed by atoms with E-state index in [1.54, 1.807) is 0 Å². The van der Waals surface area contributed by atoms with Gasteiger partial charge in [-0.05, 0) is 56.5 Å². The predicted octanol–water partition coefficient (Wildman–Crippen LogP) is 4.07. The molecule has 1 unspecified atom stereocenters. The van der Waals surface area contributed by atoms with Crippen molar-refractivity contribution >= 4 is 11.6 Å². The van der Waals surface area contributed by atoms with E-state index >= 15 is 0 Å². The van der Waals surface area contributed by atoms with Crippen molar-refractivity contribution in [3.63, 3.8) is 0 Å². The molecule has 0 aliphatic carbocycles. The lowest BCUT2D eigenvalue weighted by Crippen LogP contribution is -2.32. The summed E-state index contributed by atoms with van der Waals surface area (Å²) in [4.78, 5) is 2.50. The first-order chi connectivity index (χ1) is 8.16. The Morgan fingerprint density at radius 1 is 1.12 bits per heavy atom. The SMILES string of the molecule is Cc1ccc(C(Cl)CN2CCCCC2)cc1C. The maximum atomic E-state index is 6.52. The van der Waals surface area contributed by atoms with Crippen LogP contribution in [-0.2, 0) is 0 Å². The Kier molecular flexibility index (Phi) is 4.47. The van der Waals surface area contributed by atoms with Gasteiger partial charge in [-0.25, -0.2) is 0 Å². The Balaban J connectivity index is 1.98. The summed E-state index contributed by atoms with van der Waals surface area (Å²) in [6, 6.07) is 6.58. The fourth-order valence-corrected chi connectivity index (χ4v) is 2.76. The van der Waals surface area contributed by atoms with Gasteiger partial charge in [-0.2, -0.15) is 0 Å². The lowest BCUT2D eigenvalue weighted by atomic mass is 10.0. The molecule has 0 aromatic heterocycles. The molecule has 2 heteroatoms. The van der Waals surface area contributed by atoms with Gasteiger partial charge < -0.3 is 4.90 Å². The molecule has 1 aliphatic heterocycles. The van der Waals surface area contributed by atoms with Crippen molar-refractivity contribution in [2.75, 3.05) is 19.6 Å². The van der Waals surface area contributed by atoms with E-state index in [0.29, 0.717) is 0 Å². The maximum absolute atomic E-state index is 6.52. The van der Waals surface area contributed by atoms with Crippen LogP contribution in [0.5, 0.6) is 0 Å². The van der Waals surface area contributed by atoms with Gasteiger partial charge in [0.05, 0.1) is 5.38 Å². The number of alkyl halides is 1. The fraction of sp³-hybridized carbons (Fsp3) is 0.600. The average molecular weight is 252 g/mol. The summed E-state index contributed by atoms with van der Waals surface area (Å²) in [5, 5.41) is 0.132. The Morgan fingerprint density at radius 3 is 2.47 bits per heavy atom. The monoisotopic (exact) mass is 251 g/mol. The van der Waals surface area contributed by atoms with E-state index in [1.165, 1.54) is 49.0 Å². The van der Waals surface area contributed by atoms with E-state index in [4.69, 9.17) is 11.6 Å². The molecule has 1 fully saturated rings. The molecule has 1 aliphatic rings. The number of likely N-dealkylation sites (tertiary alicyclic amines) is 1. The summed E-state index contributed by atoms with van der Waals surface area (Å²) < 4.78 is 0. The van der Waals surface area contributed by atoms with Crippen LogP contribution in [-0.4, -0.2) is 24.5 Å². The molecular formula is C15H22ClN. The third-order valence-corrected chi connectivity index (χ3v) is 4.15. The number of hydrogen-bond acceptors (Lipinski definition) is 1. The highest BCUT2D eigenvalue weighted by molar-refractivity contribution is 6.21. The van der Waals surface area contributed by atoms with Crippen molar-refractivity contribution in [1.29, 1.82) is 0 Å². The molecule has 1 nitrogen and oxygen atoms in total. The van der Waals surface area contributed by atoms with Gasteiger partial charge in [-0.15, -0.1) is 11.6 Å². The first-order valence-corrected chi connectivity index (χ1v) is 7.04. The van der Waals surface area contributed by atoms with Gasteiger partial charge >= 0.3 is 0 Å². The molecular weight excluding hydrogens is 230 g/mol. The lowest BCUT2D eigenvalue weighted by molar-refractivity contribution is 0.229. The molecule has 0 radical (unpaired) electrons. The third kappa shape index (κ3) is 3.46. The van der Waals surface area contributed by atoms with Crippen molar-refractivity contribution in [3.8, 4) is 0 Å². The van der Waals surface area contributed by atoms with Gasteiger partial charge in [0.2, 0.25) is 0 Å². The molecule has 0 amide bonds. The van der Waals surface area contributed by atoms with E-state index < -0.39 is 0 Å². The number of nitrogens with zero attached hydrogens (tertiary/aromatic N) is 1. The molecule has 0 N–H and O–H groups in total. The lowest BCUT2D eigenvalue weighted by Gasteiger charge is -2.28. The van der Waals surface area contributed by atoms with Gasteiger partial charge in [0.1, 0.15) is 0 Å². The van der Waals surface area contributed by atoms with Gasteiger partial charge in [0.15, 0.2) is 0 Å². The van der Waals surface area contributed by atoms with Crippen LogP contribution in [0.4, 0.5) is 0 Å². The van der Waals surface area contributed by atoms with Crippen LogP contribution >= 0.6 is 11.6 Å². The zero-order chi connectivity index (χ0) is 12.3. The highest BCUT2D eigenvalue weighted by atomic mass is 35.5. The van der Waals surface area contributed by atoms with Gasteiger partial charge in [0, 0.05) is 6.54 Å². The van der Waals surface area contributed by atoms with Crippen molar-refractivity contribution in [3.05, 3.63) is 34.9 Å². The Hall–Kier alpha value is -0.530. The first-order valence-electron chi connectivity index (χ1n) is 6.60. The average Bonchev–Trinajstić information content (AvgIpc) is 2.34. The zero-order valence-corrected chi connectivity index (χ0v) is 11.6. The van der Waals surface area contributed by atoms with Crippen molar-refractivity contribution in [1.82, 2.24) is 4.90 Å². The van der Waals surface area contributed by atoms with Crippen LogP contribution in [0.3, 0.4) is 0 Å². The van der Waals surface area contributed by atoms with Crippen LogP contribution in [0.25, 0.3) is 0 Å². The van der Waals surface area contributed by atoms with E-state index in [2.05, 4.69) is 36.9 Å². The van der Waals surface area contributed by atoms with Crippen LogP contribution in [0, 0.1) is 13.8 Å². The Bertz CT molecular complexity index is 369. The molecule has 0 saturated carbocycles. The summed E-state index contributed by atoms with van der Waals surface area (Å²) in [6.45, 7) is 7.72. The number of halogens is 1. The normalized spacial score (nSPS) is 19.2. The second kappa shape index (κ2) is 5.88. The number of hydrogen-bond donors (Lipinski definition) is 0. The Morgan fingerprint density at radius 2 is 1.82 bits per heavy atom. The molecule has 1 aromatic carbocycles. The number of benzene rings is 1. The second-order valence-electron chi connectivity index (χ2n) is 5.17. The minimum atomic E-state index is 0.132. The molecule has 1 aromatic rings. The van der Waals surface area contributed by atoms with Crippen LogP contribution in [0.1, 0.15) is 41.3 Å². The molecule has 1 saturated heterocycles. The van der Waals surface area contributed by atoms with Crippen LogP contribution < -0.4 is 0 Å². The largest absolute Gasteiger partial charge is 0.302 e. The quantitative estimate of drug-likeness (QED) is 0.732. The molecule has 0 bridgehead atoms. The van der Waals surface area contributed by atoms with Crippen molar-refractivity contribution < 1.29 is 0 Å². The van der Waals surface area contributed by atoms with Crippen molar-refractivity contribution in [2.24, 2.45) is 0 Å². The standard InChI is InChI=1S/C15H22ClN/c1-12-6-7-14(10-13(12)2)15(16)11-17-8-4-3-5-9-17/h6-7,10,15H,3-5,8-9,11H2,1-2H3. The van der Waals surface area contributed by atoms with E-state index in [-0.39, 0.29) is 5.38 Å². The van der Waals surface area contributed by atoms with Gasteiger partial charge in [0.25, 0.3) is 0 Å². The summed E-state index contributed by atoms with van der Waals surface area (Å²) in [5.74, 6) is 0. The summed E-state index contributed by atoms with van der Waals surface area (Å²) in [5.41, 5.74) is 3.95. The zero-order valence-electron chi connectivity index (χ0n) is 10.9. The minimum Gasteiger partial charge on any atom is -0.302 e. The van der Waals surface area contributed by atoms with Crippen LogP contribution in [0.2, 0.25) is 0 Å². The fourth-order valence-electron chi connectivity index (χ4n) is 2.43. The highest BCUT2D eigenvalue weighted by Crippen LogP contribution is 2.25. The number of rotatable bonds is 3. The van der Waals surface area contributed by atoms with E-state index in [1.807, 2.05) is 0 Å². The van der Waals surface area contributed by atoms with Gasteiger partial charge in [-0.1, -0.05) is 24.6 Å². The summed E-state index contributed by atoms with van der Waals surface area (Å²) >= 11 is 6.52. The minimum absolute atomic E-state index is 0.132. The number of aryl methyl sites for hydroxylation is 2. The van der Waals surface area contributed by atoms with E-state index in [0.717, 1.165) is 6.54 Å². The number of piperidine rings is 1. The first kappa shape index (κ1) is 12.9. The molecule has 2 rings (SSSR count). The maximum Gasteiger partial charge on any atom is 0.0712 e. The third-order valence-electron chi connectivity index (χ3n) is 3.76. The topological polar surface area (TPSA) is 3.24 Å². The van der Waals surface area contributed by atoms with E-state index in [9.17, 15) is 0 Å². The molecule has 0 spiro atoms. The molecule has 94 valence electrons. The predicted molar refractivity (Wildman–Crippen MR) is 74.8 cm³/mol. The van der Waals surface area contributed by atoms with Gasteiger partial charge in [-0.3, -0.25) is 0 Å².